The first kappa shape index (κ1) is 23.2. The average molecular weight is 456 g/mol. The van der Waals surface area contributed by atoms with Crippen molar-refractivity contribution in [3.05, 3.63) is 150 Å². The van der Waals surface area contributed by atoms with Crippen LogP contribution in [0.5, 0.6) is 0 Å². The molecule has 0 fully saturated rings. The van der Waals surface area contributed by atoms with Gasteiger partial charge >= 0.3 is 6.18 Å². The fourth-order valence-corrected chi connectivity index (χ4v) is 3.82. The maximum Gasteiger partial charge on any atom is 0.416 e. The lowest BCUT2D eigenvalue weighted by atomic mass is 9.94. The number of halogens is 3. The molecular formula is C30H24F3N. The molecule has 0 saturated carbocycles. The van der Waals surface area contributed by atoms with Gasteiger partial charge in [0.25, 0.3) is 0 Å². The molecule has 0 saturated heterocycles. The first-order chi connectivity index (χ1) is 16.4. The van der Waals surface area contributed by atoms with Gasteiger partial charge in [0.2, 0.25) is 0 Å². The second-order valence-corrected chi connectivity index (χ2v) is 8.02. The van der Waals surface area contributed by atoms with Crippen molar-refractivity contribution in [2.45, 2.75) is 18.6 Å². The van der Waals surface area contributed by atoms with E-state index in [-0.39, 0.29) is 6.04 Å². The summed E-state index contributed by atoms with van der Waals surface area (Å²) in [5.41, 5.74) is 4.59. The molecule has 0 heterocycles. The van der Waals surface area contributed by atoms with Crippen molar-refractivity contribution in [1.82, 2.24) is 0 Å². The Kier molecular flexibility index (Phi) is 7.07. The van der Waals surface area contributed by atoms with Crippen molar-refractivity contribution in [2.75, 3.05) is 0 Å². The SMILES string of the molecule is C=C(CC(N=C(c1ccccc1)c1ccccc1)c1ccccc1)c1ccc(C(F)(F)F)cc1. The maximum absolute atomic E-state index is 13.0. The molecule has 4 aromatic carbocycles. The van der Waals surface area contributed by atoms with E-state index in [1.165, 1.54) is 12.1 Å². The average Bonchev–Trinajstić information content (AvgIpc) is 2.87. The summed E-state index contributed by atoms with van der Waals surface area (Å²) >= 11 is 0. The number of aliphatic imine (C=N–C) groups is 1. The Morgan fingerprint density at radius 2 is 1.12 bits per heavy atom. The van der Waals surface area contributed by atoms with E-state index in [1.807, 2.05) is 91.0 Å². The lowest BCUT2D eigenvalue weighted by molar-refractivity contribution is -0.137. The highest BCUT2D eigenvalue weighted by Gasteiger charge is 2.30. The van der Waals surface area contributed by atoms with Crippen LogP contribution in [0.4, 0.5) is 13.2 Å². The summed E-state index contributed by atoms with van der Waals surface area (Å²) in [5, 5.41) is 0. The van der Waals surface area contributed by atoms with Gasteiger partial charge in [-0.3, -0.25) is 4.99 Å². The van der Waals surface area contributed by atoms with E-state index in [0.29, 0.717) is 12.0 Å². The first-order valence-corrected chi connectivity index (χ1v) is 11.0. The van der Waals surface area contributed by atoms with Gasteiger partial charge in [-0.05, 0) is 35.3 Å². The van der Waals surface area contributed by atoms with Gasteiger partial charge in [-0.15, -0.1) is 0 Å². The monoisotopic (exact) mass is 455 g/mol. The Morgan fingerprint density at radius 1 is 0.647 bits per heavy atom. The maximum atomic E-state index is 13.0. The standard InChI is InChI=1S/C30H24F3N/c1-22(23-17-19-27(20-18-23)30(31,32)33)21-28(24-11-5-2-6-12-24)34-29(25-13-7-3-8-14-25)26-15-9-4-10-16-26/h2-20,28H,1,21H2. The zero-order valence-electron chi connectivity index (χ0n) is 18.5. The van der Waals surface area contributed by atoms with Gasteiger partial charge in [-0.1, -0.05) is 110 Å². The normalized spacial score (nSPS) is 12.1. The Balaban J connectivity index is 1.72. The van der Waals surface area contributed by atoms with E-state index in [9.17, 15) is 13.2 Å². The number of alkyl halides is 3. The van der Waals surface area contributed by atoms with Crippen LogP contribution in [0.15, 0.2) is 127 Å². The van der Waals surface area contributed by atoms with E-state index in [0.717, 1.165) is 40.1 Å². The number of hydrogen-bond donors (Lipinski definition) is 0. The van der Waals surface area contributed by atoms with Gasteiger partial charge in [0.1, 0.15) is 0 Å². The molecule has 4 rings (SSSR count). The van der Waals surface area contributed by atoms with Crippen LogP contribution in [0.2, 0.25) is 0 Å². The van der Waals surface area contributed by atoms with Gasteiger partial charge in [0.05, 0.1) is 17.3 Å². The Bertz CT molecular complexity index is 1200. The molecule has 0 N–H and O–H groups in total. The van der Waals surface area contributed by atoms with Crippen molar-refractivity contribution < 1.29 is 13.2 Å². The van der Waals surface area contributed by atoms with Crippen molar-refractivity contribution in [3.8, 4) is 0 Å². The van der Waals surface area contributed by atoms with E-state index >= 15 is 0 Å². The molecule has 0 aliphatic carbocycles. The largest absolute Gasteiger partial charge is 0.416 e. The summed E-state index contributed by atoms with van der Waals surface area (Å²) in [6.45, 7) is 4.18. The molecular weight excluding hydrogens is 431 g/mol. The minimum atomic E-state index is -4.36. The summed E-state index contributed by atoms with van der Waals surface area (Å²) in [7, 11) is 0. The number of nitrogens with zero attached hydrogens (tertiary/aromatic N) is 1. The molecule has 34 heavy (non-hydrogen) atoms. The second kappa shape index (κ2) is 10.3. The van der Waals surface area contributed by atoms with Crippen molar-refractivity contribution in [1.29, 1.82) is 0 Å². The van der Waals surface area contributed by atoms with Crippen LogP contribution >= 0.6 is 0 Å². The van der Waals surface area contributed by atoms with Gasteiger partial charge in [0, 0.05) is 11.1 Å². The third-order valence-corrected chi connectivity index (χ3v) is 5.62. The van der Waals surface area contributed by atoms with Crippen LogP contribution < -0.4 is 0 Å². The Hall–Kier alpha value is -3.92. The number of hydrogen-bond acceptors (Lipinski definition) is 1. The highest BCUT2D eigenvalue weighted by Crippen LogP contribution is 2.33. The van der Waals surface area contributed by atoms with E-state index in [1.54, 1.807) is 0 Å². The van der Waals surface area contributed by atoms with Crippen LogP contribution in [0, 0.1) is 0 Å². The van der Waals surface area contributed by atoms with Crippen molar-refractivity contribution in [3.63, 3.8) is 0 Å². The fourth-order valence-electron chi connectivity index (χ4n) is 3.82. The molecule has 0 bridgehead atoms. The van der Waals surface area contributed by atoms with E-state index in [2.05, 4.69) is 6.58 Å². The van der Waals surface area contributed by atoms with Gasteiger partial charge in [-0.25, -0.2) is 0 Å². The second-order valence-electron chi connectivity index (χ2n) is 8.02. The smallest absolute Gasteiger partial charge is 0.276 e. The van der Waals surface area contributed by atoms with Crippen molar-refractivity contribution in [2.24, 2.45) is 4.99 Å². The van der Waals surface area contributed by atoms with E-state index in [4.69, 9.17) is 4.99 Å². The molecule has 1 unspecified atom stereocenters. The highest BCUT2D eigenvalue weighted by molar-refractivity contribution is 6.13. The topological polar surface area (TPSA) is 12.4 Å². The molecule has 0 radical (unpaired) electrons. The first-order valence-electron chi connectivity index (χ1n) is 11.0. The zero-order valence-corrected chi connectivity index (χ0v) is 18.5. The minimum absolute atomic E-state index is 0.258. The van der Waals surface area contributed by atoms with E-state index < -0.39 is 11.7 Å². The minimum Gasteiger partial charge on any atom is -0.276 e. The molecule has 1 atom stereocenters. The number of benzene rings is 4. The van der Waals surface area contributed by atoms with Crippen LogP contribution in [0.1, 0.15) is 40.3 Å². The van der Waals surface area contributed by atoms with Crippen LogP contribution in [0.25, 0.3) is 5.57 Å². The summed E-state index contributed by atoms with van der Waals surface area (Å²) < 4.78 is 38.9. The third-order valence-electron chi connectivity index (χ3n) is 5.62. The predicted molar refractivity (Wildman–Crippen MR) is 133 cm³/mol. The molecule has 0 spiro atoms. The number of rotatable bonds is 7. The fraction of sp³-hybridized carbons (Fsp3) is 0.100. The molecule has 0 aliphatic rings. The summed E-state index contributed by atoms with van der Waals surface area (Å²) in [5.74, 6) is 0. The highest BCUT2D eigenvalue weighted by atomic mass is 19.4. The van der Waals surface area contributed by atoms with Crippen LogP contribution in [-0.4, -0.2) is 5.71 Å². The molecule has 0 aromatic heterocycles. The molecule has 0 aliphatic heterocycles. The van der Waals surface area contributed by atoms with Crippen molar-refractivity contribution >= 4 is 11.3 Å². The summed E-state index contributed by atoms with van der Waals surface area (Å²) in [6.07, 6.45) is -3.89. The summed E-state index contributed by atoms with van der Waals surface area (Å²) in [6, 6.07) is 34.7. The molecule has 4 heteroatoms. The molecule has 1 nitrogen and oxygen atoms in total. The lowest BCUT2D eigenvalue weighted by Crippen LogP contribution is -2.08. The molecule has 0 amide bonds. The Morgan fingerprint density at radius 3 is 1.59 bits per heavy atom. The third kappa shape index (κ3) is 5.70. The quantitative estimate of drug-likeness (QED) is 0.248. The zero-order chi connectivity index (χ0) is 24.0. The predicted octanol–water partition coefficient (Wildman–Crippen LogP) is 8.39. The van der Waals surface area contributed by atoms with Crippen LogP contribution in [-0.2, 0) is 6.18 Å². The Labute approximate surface area is 197 Å². The van der Waals surface area contributed by atoms with Gasteiger partial charge in [0.15, 0.2) is 0 Å². The van der Waals surface area contributed by atoms with Gasteiger partial charge in [-0.2, -0.15) is 13.2 Å². The summed E-state index contributed by atoms with van der Waals surface area (Å²) in [4.78, 5) is 5.18. The lowest BCUT2D eigenvalue weighted by Gasteiger charge is -2.18. The van der Waals surface area contributed by atoms with Crippen LogP contribution in [0.3, 0.4) is 0 Å². The molecule has 4 aromatic rings. The van der Waals surface area contributed by atoms with Gasteiger partial charge < -0.3 is 0 Å². The molecule has 170 valence electrons.